The monoisotopic (exact) mass is 456 g/mol. The first-order valence-electron chi connectivity index (χ1n) is 9.85. The first-order chi connectivity index (χ1) is 14.6. The van der Waals surface area contributed by atoms with Crippen LogP contribution in [0.5, 0.6) is 0 Å². The van der Waals surface area contributed by atoms with E-state index >= 15 is 0 Å². The van der Waals surface area contributed by atoms with E-state index in [2.05, 4.69) is 26.3 Å². The smallest absolute Gasteiger partial charge is 0.259 e. The molecule has 9 heteroatoms. The molecule has 0 unspecified atom stereocenters. The maximum Gasteiger partial charge on any atom is 0.259 e. The van der Waals surface area contributed by atoms with Crippen LogP contribution in [0.2, 0.25) is 0 Å². The molecule has 0 saturated heterocycles. The highest BCUT2D eigenvalue weighted by Crippen LogP contribution is 2.34. The van der Waals surface area contributed by atoms with Gasteiger partial charge in [0, 0.05) is 17.1 Å². The van der Waals surface area contributed by atoms with E-state index in [-0.39, 0.29) is 11.5 Å². The molecule has 154 valence electrons. The van der Waals surface area contributed by atoms with Crippen LogP contribution in [0.3, 0.4) is 0 Å². The standard InChI is InChI=1S/C21H20N4O2S3/c1-11-5-6-13-15(9-11)30-21(22-13)25-17(26)7-8-28-10-16-23-19(27)18-12-3-2-4-14(12)29-20(18)24-16/h5-6,9H,2-4,7-8,10H2,1H3,(H,22,25,26)(H,23,24,27). The first-order valence-corrected chi connectivity index (χ1v) is 12.6. The molecule has 5 rings (SSSR count). The molecule has 0 spiro atoms. The number of nitrogens with zero attached hydrogens (tertiary/aromatic N) is 2. The second-order valence-corrected chi connectivity index (χ2v) is 10.6. The van der Waals surface area contributed by atoms with Gasteiger partial charge in [0.2, 0.25) is 5.91 Å². The van der Waals surface area contributed by atoms with Crippen molar-refractivity contribution >= 4 is 65.9 Å². The minimum atomic E-state index is -0.0511. The summed E-state index contributed by atoms with van der Waals surface area (Å²) in [5, 5.41) is 4.30. The minimum absolute atomic E-state index is 0.0289. The van der Waals surface area contributed by atoms with Gasteiger partial charge >= 0.3 is 0 Å². The molecule has 0 saturated carbocycles. The lowest BCUT2D eigenvalue weighted by atomic mass is 10.2. The van der Waals surface area contributed by atoms with E-state index in [1.54, 1.807) is 23.1 Å². The molecular weight excluding hydrogens is 436 g/mol. The fourth-order valence-electron chi connectivity index (χ4n) is 3.72. The predicted molar refractivity (Wildman–Crippen MR) is 126 cm³/mol. The van der Waals surface area contributed by atoms with E-state index in [4.69, 9.17) is 0 Å². The van der Waals surface area contributed by atoms with Gasteiger partial charge in [-0.15, -0.1) is 11.3 Å². The number of nitrogens with one attached hydrogen (secondary N) is 2. The Kier molecular flexibility index (Phi) is 5.34. The number of amides is 1. The second kappa shape index (κ2) is 8.13. The number of thiophene rings is 1. The molecule has 1 aromatic carbocycles. The molecule has 0 bridgehead atoms. The molecule has 1 aliphatic rings. The Bertz CT molecular complexity index is 1320. The Hall–Kier alpha value is -2.23. The van der Waals surface area contributed by atoms with E-state index in [0.717, 1.165) is 39.7 Å². The maximum atomic E-state index is 12.5. The van der Waals surface area contributed by atoms with Gasteiger partial charge in [0.25, 0.3) is 5.56 Å². The van der Waals surface area contributed by atoms with Crippen molar-refractivity contribution in [1.82, 2.24) is 15.0 Å². The summed E-state index contributed by atoms with van der Waals surface area (Å²) in [6, 6.07) is 6.06. The topological polar surface area (TPSA) is 87.7 Å². The Morgan fingerprint density at radius 1 is 1.27 bits per heavy atom. The Labute approximate surface area is 185 Å². The van der Waals surface area contributed by atoms with Crippen LogP contribution in [-0.4, -0.2) is 26.6 Å². The van der Waals surface area contributed by atoms with Crippen molar-refractivity contribution in [3.63, 3.8) is 0 Å². The van der Waals surface area contributed by atoms with E-state index in [9.17, 15) is 9.59 Å². The number of carbonyl (C=O) groups excluding carboxylic acids is 1. The highest BCUT2D eigenvalue weighted by molar-refractivity contribution is 7.98. The fraction of sp³-hybridized carbons (Fsp3) is 0.333. The molecular formula is C21H20N4O2S3. The van der Waals surface area contributed by atoms with Crippen LogP contribution < -0.4 is 10.9 Å². The summed E-state index contributed by atoms with van der Waals surface area (Å²) in [5.74, 6) is 1.87. The Morgan fingerprint density at radius 2 is 2.17 bits per heavy atom. The van der Waals surface area contributed by atoms with Crippen molar-refractivity contribution in [2.75, 3.05) is 11.1 Å². The zero-order valence-corrected chi connectivity index (χ0v) is 18.9. The van der Waals surface area contributed by atoms with E-state index < -0.39 is 0 Å². The molecule has 2 N–H and O–H groups in total. The number of hydrogen-bond acceptors (Lipinski definition) is 7. The van der Waals surface area contributed by atoms with Gasteiger partial charge in [-0.3, -0.25) is 9.59 Å². The summed E-state index contributed by atoms with van der Waals surface area (Å²) in [6.45, 7) is 2.04. The van der Waals surface area contributed by atoms with Crippen LogP contribution in [0, 0.1) is 6.92 Å². The summed E-state index contributed by atoms with van der Waals surface area (Å²) in [6.07, 6.45) is 3.56. The van der Waals surface area contributed by atoms with E-state index in [0.29, 0.717) is 28.9 Å². The predicted octanol–water partition coefficient (Wildman–Crippen LogP) is 4.65. The fourth-order valence-corrected chi connectivity index (χ4v) is 6.78. The molecule has 4 aromatic rings. The highest BCUT2D eigenvalue weighted by Gasteiger charge is 2.21. The zero-order valence-electron chi connectivity index (χ0n) is 16.4. The number of thiazole rings is 1. The molecule has 30 heavy (non-hydrogen) atoms. The molecule has 3 aromatic heterocycles. The quantitative estimate of drug-likeness (QED) is 0.412. The Morgan fingerprint density at radius 3 is 3.07 bits per heavy atom. The van der Waals surface area contributed by atoms with Gasteiger partial charge < -0.3 is 10.3 Å². The van der Waals surface area contributed by atoms with Crippen LogP contribution in [0.15, 0.2) is 23.0 Å². The molecule has 0 radical (unpaired) electrons. The number of aromatic nitrogens is 3. The number of fused-ring (bicyclic) bond motifs is 4. The van der Waals surface area contributed by atoms with Crippen LogP contribution >= 0.6 is 34.4 Å². The van der Waals surface area contributed by atoms with Gasteiger partial charge in [-0.25, -0.2) is 9.97 Å². The normalized spacial score (nSPS) is 13.2. The van der Waals surface area contributed by atoms with Crippen LogP contribution in [0.1, 0.15) is 34.7 Å². The second-order valence-electron chi connectivity index (χ2n) is 7.39. The van der Waals surface area contributed by atoms with Crippen molar-refractivity contribution < 1.29 is 4.79 Å². The van der Waals surface area contributed by atoms with Gasteiger partial charge in [0.1, 0.15) is 10.7 Å². The number of H-pyrrole nitrogens is 1. The summed E-state index contributed by atoms with van der Waals surface area (Å²) < 4.78 is 1.07. The van der Waals surface area contributed by atoms with Crippen LogP contribution in [0.4, 0.5) is 5.13 Å². The van der Waals surface area contributed by atoms with Crippen molar-refractivity contribution in [3.05, 3.63) is 50.4 Å². The van der Waals surface area contributed by atoms with Gasteiger partial charge in [-0.1, -0.05) is 17.4 Å². The molecule has 0 fully saturated rings. The summed E-state index contributed by atoms with van der Waals surface area (Å²) >= 11 is 4.74. The molecule has 6 nitrogen and oxygen atoms in total. The highest BCUT2D eigenvalue weighted by atomic mass is 32.2. The number of hydrogen-bond donors (Lipinski definition) is 2. The maximum absolute atomic E-state index is 12.5. The van der Waals surface area contributed by atoms with Crippen molar-refractivity contribution in [2.45, 2.75) is 38.4 Å². The van der Waals surface area contributed by atoms with Gasteiger partial charge in [-0.2, -0.15) is 11.8 Å². The molecule has 3 heterocycles. The van der Waals surface area contributed by atoms with Crippen molar-refractivity contribution in [3.8, 4) is 0 Å². The largest absolute Gasteiger partial charge is 0.309 e. The van der Waals surface area contributed by atoms with Crippen molar-refractivity contribution in [2.24, 2.45) is 0 Å². The minimum Gasteiger partial charge on any atom is -0.309 e. The number of carbonyl (C=O) groups is 1. The summed E-state index contributed by atoms with van der Waals surface area (Å²) in [5.41, 5.74) is 3.25. The first kappa shape index (κ1) is 19.7. The zero-order chi connectivity index (χ0) is 20.7. The summed E-state index contributed by atoms with van der Waals surface area (Å²) in [7, 11) is 0. The lowest BCUT2D eigenvalue weighted by molar-refractivity contribution is -0.115. The third-order valence-corrected chi connectivity index (χ3v) is 8.22. The SMILES string of the molecule is Cc1ccc2nc(NC(=O)CCSCc3nc4sc5c(c4c(=O)[nH]3)CCC5)sc2c1. The average Bonchev–Trinajstić information content (AvgIpc) is 3.38. The van der Waals surface area contributed by atoms with Gasteiger partial charge in [-0.05, 0) is 49.4 Å². The third kappa shape index (κ3) is 3.89. The lowest BCUT2D eigenvalue weighted by Gasteiger charge is -2.03. The number of thioether (sulfide) groups is 1. The lowest BCUT2D eigenvalue weighted by Crippen LogP contribution is -2.13. The number of benzene rings is 1. The number of aryl methyl sites for hydroxylation is 3. The molecule has 0 atom stereocenters. The summed E-state index contributed by atoms with van der Waals surface area (Å²) in [4.78, 5) is 38.9. The molecule has 1 amide bonds. The van der Waals surface area contributed by atoms with Crippen molar-refractivity contribution in [1.29, 1.82) is 0 Å². The van der Waals surface area contributed by atoms with Crippen LogP contribution in [-0.2, 0) is 23.4 Å². The molecule has 0 aliphatic heterocycles. The van der Waals surface area contributed by atoms with E-state index in [1.165, 1.54) is 27.3 Å². The molecule has 1 aliphatic carbocycles. The van der Waals surface area contributed by atoms with Gasteiger partial charge in [0.15, 0.2) is 5.13 Å². The third-order valence-electron chi connectivity index (χ3n) is 5.13. The van der Waals surface area contributed by atoms with E-state index in [1.807, 2.05) is 19.1 Å². The Balaban J connectivity index is 1.16. The average molecular weight is 457 g/mol. The van der Waals surface area contributed by atoms with Crippen LogP contribution in [0.25, 0.3) is 20.4 Å². The number of anilines is 1. The van der Waals surface area contributed by atoms with Gasteiger partial charge in [0.05, 0.1) is 21.4 Å². The number of rotatable bonds is 6. The number of aromatic amines is 1.